The smallest absolute Gasteiger partial charge is 0.196 e. The van der Waals surface area contributed by atoms with Crippen molar-refractivity contribution in [1.82, 2.24) is 35.3 Å². The summed E-state index contributed by atoms with van der Waals surface area (Å²) in [5, 5.41) is 20.1. The van der Waals surface area contributed by atoms with Crippen LogP contribution in [0.15, 0.2) is 0 Å². The standard InChI is InChI=1S/C13H23N7/c1-9-11(7-14-13(3,4)5)10(2)20(16-9)8-12-15-18-19(6)17-12/h14H,7-8H2,1-6H3. The van der Waals surface area contributed by atoms with Crippen molar-refractivity contribution in [2.75, 3.05) is 0 Å². The molecule has 0 spiro atoms. The minimum atomic E-state index is 0.0907. The Morgan fingerprint density at radius 1 is 1.15 bits per heavy atom. The predicted molar refractivity (Wildman–Crippen MR) is 76.2 cm³/mol. The van der Waals surface area contributed by atoms with Crippen LogP contribution in [0.3, 0.4) is 0 Å². The molecule has 0 unspecified atom stereocenters. The summed E-state index contributed by atoms with van der Waals surface area (Å²) in [5.41, 5.74) is 3.52. The van der Waals surface area contributed by atoms with Crippen molar-refractivity contribution in [3.8, 4) is 0 Å². The second-order valence-electron chi connectivity index (χ2n) is 6.11. The van der Waals surface area contributed by atoms with Gasteiger partial charge in [0, 0.05) is 23.3 Å². The van der Waals surface area contributed by atoms with Crippen molar-refractivity contribution in [1.29, 1.82) is 0 Å². The Labute approximate surface area is 119 Å². The van der Waals surface area contributed by atoms with Crippen LogP contribution in [0.25, 0.3) is 0 Å². The zero-order valence-corrected chi connectivity index (χ0v) is 13.1. The minimum absolute atomic E-state index is 0.0907. The predicted octanol–water partition coefficient (Wildman–Crippen LogP) is 0.960. The number of rotatable bonds is 4. The van der Waals surface area contributed by atoms with Crippen LogP contribution in [0.1, 0.15) is 43.5 Å². The second kappa shape index (κ2) is 5.32. The van der Waals surface area contributed by atoms with Crippen LogP contribution in [0.2, 0.25) is 0 Å². The molecule has 0 fully saturated rings. The van der Waals surface area contributed by atoms with E-state index in [0.29, 0.717) is 12.4 Å². The number of hydrogen-bond donors (Lipinski definition) is 1. The van der Waals surface area contributed by atoms with E-state index in [1.807, 2.05) is 11.6 Å². The molecule has 0 atom stereocenters. The van der Waals surface area contributed by atoms with Gasteiger partial charge >= 0.3 is 0 Å². The molecule has 0 amide bonds. The van der Waals surface area contributed by atoms with Gasteiger partial charge in [-0.2, -0.15) is 9.90 Å². The van der Waals surface area contributed by atoms with Gasteiger partial charge in [0.2, 0.25) is 0 Å². The maximum absolute atomic E-state index is 4.58. The molecule has 0 aromatic carbocycles. The van der Waals surface area contributed by atoms with Crippen LogP contribution >= 0.6 is 0 Å². The van der Waals surface area contributed by atoms with Gasteiger partial charge in [0.1, 0.15) is 6.54 Å². The van der Waals surface area contributed by atoms with E-state index in [4.69, 9.17) is 0 Å². The van der Waals surface area contributed by atoms with Gasteiger partial charge in [0.25, 0.3) is 0 Å². The van der Waals surface area contributed by atoms with Crippen molar-refractivity contribution in [3.05, 3.63) is 22.8 Å². The molecule has 0 aliphatic carbocycles. The summed E-state index contributed by atoms with van der Waals surface area (Å²) in [6.45, 7) is 12.0. The Morgan fingerprint density at radius 3 is 2.40 bits per heavy atom. The highest BCUT2D eigenvalue weighted by Crippen LogP contribution is 2.15. The normalized spacial score (nSPS) is 12.1. The zero-order valence-electron chi connectivity index (χ0n) is 13.1. The Kier molecular flexibility index (Phi) is 3.89. The van der Waals surface area contributed by atoms with Gasteiger partial charge in [-0.05, 0) is 39.8 Å². The fraction of sp³-hybridized carbons (Fsp3) is 0.692. The first-order valence-corrected chi connectivity index (χ1v) is 6.77. The molecule has 2 heterocycles. The SMILES string of the molecule is Cc1nn(Cc2nnn(C)n2)c(C)c1CNC(C)(C)C. The van der Waals surface area contributed by atoms with Crippen LogP contribution in [-0.2, 0) is 20.1 Å². The Hall–Kier alpha value is -1.76. The molecule has 20 heavy (non-hydrogen) atoms. The number of hydrogen-bond acceptors (Lipinski definition) is 5. The van der Waals surface area contributed by atoms with Gasteiger partial charge in [-0.3, -0.25) is 4.68 Å². The number of tetrazole rings is 1. The quantitative estimate of drug-likeness (QED) is 0.901. The molecule has 0 aliphatic heterocycles. The van der Waals surface area contributed by atoms with Crippen LogP contribution in [0.5, 0.6) is 0 Å². The highest BCUT2D eigenvalue weighted by atomic mass is 15.6. The van der Waals surface area contributed by atoms with Gasteiger partial charge in [-0.25, -0.2) is 0 Å². The lowest BCUT2D eigenvalue weighted by atomic mass is 10.1. The summed E-state index contributed by atoms with van der Waals surface area (Å²) >= 11 is 0. The Bertz CT molecular complexity index is 588. The van der Waals surface area contributed by atoms with E-state index in [1.165, 1.54) is 10.4 Å². The third-order valence-corrected chi connectivity index (χ3v) is 3.17. The average Bonchev–Trinajstić information content (AvgIpc) is 2.82. The summed E-state index contributed by atoms with van der Waals surface area (Å²) < 4.78 is 1.94. The van der Waals surface area contributed by atoms with E-state index in [2.05, 4.69) is 53.5 Å². The molecule has 110 valence electrons. The van der Waals surface area contributed by atoms with Gasteiger partial charge < -0.3 is 5.32 Å². The molecule has 2 aromatic heterocycles. The van der Waals surface area contributed by atoms with Crippen LogP contribution in [0, 0.1) is 13.8 Å². The lowest BCUT2D eigenvalue weighted by Gasteiger charge is -2.20. The summed E-state index contributed by atoms with van der Waals surface area (Å²) in [6, 6.07) is 0. The van der Waals surface area contributed by atoms with Crippen molar-refractivity contribution in [2.24, 2.45) is 7.05 Å². The maximum Gasteiger partial charge on any atom is 0.196 e. The fourth-order valence-corrected chi connectivity index (χ4v) is 2.02. The first kappa shape index (κ1) is 14.6. The molecule has 2 aromatic rings. The van der Waals surface area contributed by atoms with Crippen molar-refractivity contribution in [3.63, 3.8) is 0 Å². The molecule has 0 radical (unpaired) electrons. The molecule has 0 bridgehead atoms. The van der Waals surface area contributed by atoms with E-state index in [9.17, 15) is 0 Å². The lowest BCUT2D eigenvalue weighted by molar-refractivity contribution is 0.423. The van der Waals surface area contributed by atoms with Crippen LogP contribution in [-0.4, -0.2) is 35.5 Å². The number of nitrogens with zero attached hydrogens (tertiary/aromatic N) is 6. The maximum atomic E-state index is 4.58. The van der Waals surface area contributed by atoms with E-state index >= 15 is 0 Å². The van der Waals surface area contributed by atoms with E-state index in [1.54, 1.807) is 7.05 Å². The highest BCUT2D eigenvalue weighted by Gasteiger charge is 2.16. The molecule has 0 saturated heterocycles. The van der Waals surface area contributed by atoms with Gasteiger partial charge in [-0.1, -0.05) is 0 Å². The third kappa shape index (κ3) is 3.41. The van der Waals surface area contributed by atoms with Crippen molar-refractivity contribution < 1.29 is 0 Å². The lowest BCUT2D eigenvalue weighted by Crippen LogP contribution is -2.35. The summed E-state index contributed by atoms with van der Waals surface area (Å²) in [6.07, 6.45) is 0. The van der Waals surface area contributed by atoms with Gasteiger partial charge in [0.05, 0.1) is 12.7 Å². The van der Waals surface area contributed by atoms with E-state index in [0.717, 1.165) is 17.9 Å². The molecule has 0 aliphatic rings. The first-order chi connectivity index (χ1) is 9.26. The van der Waals surface area contributed by atoms with Gasteiger partial charge in [-0.15, -0.1) is 10.2 Å². The number of aromatic nitrogens is 6. The molecular weight excluding hydrogens is 254 g/mol. The Balaban J connectivity index is 2.16. The molecule has 2 rings (SSSR count). The molecule has 7 heteroatoms. The van der Waals surface area contributed by atoms with E-state index < -0.39 is 0 Å². The van der Waals surface area contributed by atoms with E-state index in [-0.39, 0.29) is 5.54 Å². The first-order valence-electron chi connectivity index (χ1n) is 6.77. The highest BCUT2D eigenvalue weighted by molar-refractivity contribution is 5.24. The average molecular weight is 277 g/mol. The number of nitrogens with one attached hydrogen (secondary N) is 1. The Morgan fingerprint density at radius 2 is 1.85 bits per heavy atom. The monoisotopic (exact) mass is 277 g/mol. The summed E-state index contributed by atoms with van der Waals surface area (Å²) in [4.78, 5) is 1.46. The molecule has 0 saturated carbocycles. The van der Waals surface area contributed by atoms with Gasteiger partial charge in [0.15, 0.2) is 5.82 Å². The topological polar surface area (TPSA) is 73.5 Å². The number of aryl methyl sites for hydroxylation is 2. The minimum Gasteiger partial charge on any atom is -0.308 e. The fourth-order valence-electron chi connectivity index (χ4n) is 2.02. The summed E-state index contributed by atoms with van der Waals surface area (Å²) in [5.74, 6) is 0.674. The third-order valence-electron chi connectivity index (χ3n) is 3.17. The van der Waals surface area contributed by atoms with Crippen molar-refractivity contribution in [2.45, 2.75) is 53.2 Å². The zero-order chi connectivity index (χ0) is 14.9. The van der Waals surface area contributed by atoms with Crippen LogP contribution in [0.4, 0.5) is 0 Å². The molecule has 1 N–H and O–H groups in total. The largest absolute Gasteiger partial charge is 0.308 e. The van der Waals surface area contributed by atoms with Crippen LogP contribution < -0.4 is 5.32 Å². The second-order valence-corrected chi connectivity index (χ2v) is 6.11. The molecule has 7 nitrogen and oxygen atoms in total. The van der Waals surface area contributed by atoms with Crippen molar-refractivity contribution >= 4 is 0 Å². The summed E-state index contributed by atoms with van der Waals surface area (Å²) in [7, 11) is 1.76. The molecular formula is C13H23N7.